The molecule has 0 aromatic heterocycles. The minimum atomic E-state index is -0.348. The number of nitrogens with one attached hydrogen (secondary N) is 1. The van der Waals surface area contributed by atoms with E-state index >= 15 is 0 Å². The van der Waals surface area contributed by atoms with Crippen molar-refractivity contribution < 1.29 is 14.2 Å². The summed E-state index contributed by atoms with van der Waals surface area (Å²) in [4.78, 5) is 0. The van der Waals surface area contributed by atoms with E-state index in [2.05, 4.69) is 12.2 Å². The zero-order valence-corrected chi connectivity index (χ0v) is 11.2. The molecule has 0 saturated heterocycles. The van der Waals surface area contributed by atoms with Gasteiger partial charge in [0, 0.05) is 18.7 Å². The summed E-state index contributed by atoms with van der Waals surface area (Å²) in [5.41, 5.74) is 0.879. The van der Waals surface area contributed by atoms with Gasteiger partial charge in [-0.2, -0.15) is 0 Å². The summed E-state index contributed by atoms with van der Waals surface area (Å²) in [6.07, 6.45) is 1.64. The Morgan fingerprint density at radius 2 is 2.17 bits per heavy atom. The van der Waals surface area contributed by atoms with Crippen LogP contribution in [0.4, 0.5) is 4.39 Å². The molecule has 2 atom stereocenters. The first-order valence-corrected chi connectivity index (χ1v) is 6.32. The van der Waals surface area contributed by atoms with Gasteiger partial charge in [-0.25, -0.2) is 4.39 Å². The molecule has 2 unspecified atom stereocenters. The lowest BCUT2D eigenvalue weighted by atomic mass is 10.0. The number of benzene rings is 1. The average Bonchev–Trinajstić information content (AvgIpc) is 2.37. The van der Waals surface area contributed by atoms with Crippen molar-refractivity contribution in [3.63, 3.8) is 0 Å². The van der Waals surface area contributed by atoms with E-state index < -0.39 is 0 Å². The summed E-state index contributed by atoms with van der Waals surface area (Å²) >= 11 is 0. The van der Waals surface area contributed by atoms with E-state index in [1.54, 1.807) is 6.07 Å². The second kappa shape index (κ2) is 7.34. The molecule has 4 heteroatoms. The van der Waals surface area contributed by atoms with Crippen LogP contribution in [0.3, 0.4) is 0 Å². The zero-order chi connectivity index (χ0) is 13.5. The smallest absolute Gasteiger partial charge is 0.165 e. The Morgan fingerprint density at radius 1 is 1.44 bits per heavy atom. The summed E-state index contributed by atoms with van der Waals surface area (Å²) < 4.78 is 18.5. The largest absolute Gasteiger partial charge is 0.494 e. The van der Waals surface area contributed by atoms with Crippen LogP contribution < -0.4 is 10.1 Å². The van der Waals surface area contributed by atoms with E-state index in [1.165, 1.54) is 13.2 Å². The Hall–Kier alpha value is -1.13. The minimum absolute atomic E-state index is 0.0434. The van der Waals surface area contributed by atoms with Crippen molar-refractivity contribution in [2.45, 2.75) is 38.8 Å². The first kappa shape index (κ1) is 14.9. The van der Waals surface area contributed by atoms with E-state index in [0.717, 1.165) is 12.0 Å². The molecule has 18 heavy (non-hydrogen) atoms. The van der Waals surface area contributed by atoms with Crippen LogP contribution >= 0.6 is 0 Å². The van der Waals surface area contributed by atoms with Crippen LogP contribution in [-0.2, 0) is 0 Å². The Kier molecular flexibility index (Phi) is 6.09. The van der Waals surface area contributed by atoms with Gasteiger partial charge >= 0.3 is 0 Å². The fourth-order valence-corrected chi connectivity index (χ4v) is 1.96. The number of halogens is 1. The SMILES string of the molecule is CCC(CCO)NC(C)c1ccc(OC)c(F)c1. The predicted molar refractivity (Wildman–Crippen MR) is 70.3 cm³/mol. The number of ether oxygens (including phenoxy) is 1. The fraction of sp³-hybridized carbons (Fsp3) is 0.571. The van der Waals surface area contributed by atoms with Crippen molar-refractivity contribution in [1.82, 2.24) is 5.32 Å². The Morgan fingerprint density at radius 3 is 2.67 bits per heavy atom. The van der Waals surface area contributed by atoms with Crippen molar-refractivity contribution in [2.75, 3.05) is 13.7 Å². The summed E-state index contributed by atoms with van der Waals surface area (Å²) in [7, 11) is 1.45. The lowest BCUT2D eigenvalue weighted by Crippen LogP contribution is -2.31. The topological polar surface area (TPSA) is 41.5 Å². The van der Waals surface area contributed by atoms with Crippen molar-refractivity contribution in [3.05, 3.63) is 29.6 Å². The highest BCUT2D eigenvalue weighted by Gasteiger charge is 2.13. The van der Waals surface area contributed by atoms with Crippen LogP contribution in [0, 0.1) is 5.82 Å². The quantitative estimate of drug-likeness (QED) is 0.787. The van der Waals surface area contributed by atoms with Gasteiger partial charge in [-0.1, -0.05) is 13.0 Å². The van der Waals surface area contributed by atoms with Gasteiger partial charge in [0.15, 0.2) is 11.6 Å². The van der Waals surface area contributed by atoms with Crippen molar-refractivity contribution in [3.8, 4) is 5.75 Å². The van der Waals surface area contributed by atoms with Gasteiger partial charge < -0.3 is 15.2 Å². The molecule has 0 heterocycles. The maximum absolute atomic E-state index is 13.6. The molecule has 1 aromatic carbocycles. The lowest BCUT2D eigenvalue weighted by Gasteiger charge is -2.22. The molecule has 0 saturated carbocycles. The summed E-state index contributed by atoms with van der Waals surface area (Å²) in [6.45, 7) is 4.21. The van der Waals surface area contributed by atoms with E-state index in [4.69, 9.17) is 9.84 Å². The van der Waals surface area contributed by atoms with Crippen LogP contribution in [-0.4, -0.2) is 24.9 Å². The molecule has 0 aliphatic rings. The van der Waals surface area contributed by atoms with Gasteiger partial charge in [-0.3, -0.25) is 0 Å². The number of hydrogen-bond acceptors (Lipinski definition) is 3. The van der Waals surface area contributed by atoms with Gasteiger partial charge in [0.25, 0.3) is 0 Å². The Bertz CT molecular complexity index is 371. The molecule has 1 rings (SSSR count). The highest BCUT2D eigenvalue weighted by molar-refractivity contribution is 5.30. The third-order valence-electron chi connectivity index (χ3n) is 3.13. The monoisotopic (exact) mass is 255 g/mol. The van der Waals surface area contributed by atoms with E-state index in [0.29, 0.717) is 6.42 Å². The lowest BCUT2D eigenvalue weighted by molar-refractivity contribution is 0.257. The maximum atomic E-state index is 13.6. The first-order chi connectivity index (χ1) is 8.62. The molecule has 0 radical (unpaired) electrons. The molecule has 102 valence electrons. The Labute approximate surface area is 108 Å². The molecular weight excluding hydrogens is 233 g/mol. The molecule has 0 aliphatic heterocycles. The molecule has 1 aromatic rings. The van der Waals surface area contributed by atoms with Crippen LogP contribution in [0.1, 0.15) is 38.3 Å². The van der Waals surface area contributed by atoms with Crippen LogP contribution in [0.15, 0.2) is 18.2 Å². The van der Waals surface area contributed by atoms with Gasteiger partial charge in [0.05, 0.1) is 7.11 Å². The third kappa shape index (κ3) is 3.96. The second-order valence-electron chi connectivity index (χ2n) is 4.40. The van der Waals surface area contributed by atoms with E-state index in [1.807, 2.05) is 13.0 Å². The first-order valence-electron chi connectivity index (χ1n) is 6.32. The molecule has 0 amide bonds. The van der Waals surface area contributed by atoms with Crippen LogP contribution in [0.5, 0.6) is 5.75 Å². The van der Waals surface area contributed by atoms with Crippen LogP contribution in [0.2, 0.25) is 0 Å². The minimum Gasteiger partial charge on any atom is -0.494 e. The molecule has 0 aliphatic carbocycles. The number of aliphatic hydroxyl groups excluding tert-OH is 1. The van der Waals surface area contributed by atoms with Crippen molar-refractivity contribution in [2.24, 2.45) is 0 Å². The zero-order valence-electron chi connectivity index (χ0n) is 11.2. The van der Waals surface area contributed by atoms with Crippen molar-refractivity contribution >= 4 is 0 Å². The number of methoxy groups -OCH3 is 1. The van der Waals surface area contributed by atoms with Crippen LogP contribution in [0.25, 0.3) is 0 Å². The van der Waals surface area contributed by atoms with Gasteiger partial charge in [0.2, 0.25) is 0 Å². The van der Waals surface area contributed by atoms with Crippen molar-refractivity contribution in [1.29, 1.82) is 0 Å². The second-order valence-corrected chi connectivity index (χ2v) is 4.40. The molecule has 0 fully saturated rings. The van der Waals surface area contributed by atoms with Gasteiger partial charge in [-0.05, 0) is 37.5 Å². The normalized spacial score (nSPS) is 14.3. The third-order valence-corrected chi connectivity index (χ3v) is 3.13. The summed E-state index contributed by atoms with van der Waals surface area (Å²) in [5.74, 6) is -0.0905. The van der Waals surface area contributed by atoms with E-state index in [9.17, 15) is 4.39 Å². The predicted octanol–water partition coefficient (Wildman–Crippen LogP) is 2.65. The van der Waals surface area contributed by atoms with Gasteiger partial charge in [-0.15, -0.1) is 0 Å². The van der Waals surface area contributed by atoms with Gasteiger partial charge in [0.1, 0.15) is 0 Å². The Balaban J connectivity index is 2.71. The highest BCUT2D eigenvalue weighted by Crippen LogP contribution is 2.22. The summed E-state index contributed by atoms with van der Waals surface area (Å²) in [5, 5.41) is 12.3. The highest BCUT2D eigenvalue weighted by atomic mass is 19.1. The molecular formula is C14H22FNO2. The van der Waals surface area contributed by atoms with E-state index in [-0.39, 0.29) is 30.3 Å². The summed E-state index contributed by atoms with van der Waals surface area (Å²) in [6, 6.07) is 5.26. The molecule has 0 bridgehead atoms. The fourth-order valence-electron chi connectivity index (χ4n) is 1.96. The number of rotatable bonds is 7. The number of aliphatic hydroxyl groups is 1. The maximum Gasteiger partial charge on any atom is 0.165 e. The molecule has 2 N–H and O–H groups in total. The standard InChI is InChI=1S/C14H22FNO2/c1-4-12(7-8-17)16-10(2)11-5-6-14(18-3)13(15)9-11/h5-6,9-10,12,16-17H,4,7-8H2,1-3H3. The molecule has 0 spiro atoms. The molecule has 3 nitrogen and oxygen atoms in total. The number of hydrogen-bond donors (Lipinski definition) is 2. The average molecular weight is 255 g/mol.